The maximum atomic E-state index is 8.73. The standard InChI is InChI=1S/C14H15N5S/c15-8-11-5-6-13(16-9-11)20-14-17-12(18-19-14)7-10-3-1-2-4-10/h5-6,9-10H,1-4,7H2,(H,17,18,19). The average Bonchev–Trinajstić information content (AvgIpc) is 3.12. The van der Waals surface area contributed by atoms with E-state index in [9.17, 15) is 0 Å². The van der Waals surface area contributed by atoms with Crippen molar-refractivity contribution in [2.24, 2.45) is 5.92 Å². The number of rotatable bonds is 4. The van der Waals surface area contributed by atoms with Gasteiger partial charge in [0.1, 0.15) is 16.9 Å². The monoisotopic (exact) mass is 285 g/mol. The summed E-state index contributed by atoms with van der Waals surface area (Å²) in [6.07, 6.45) is 7.86. The van der Waals surface area contributed by atoms with E-state index in [-0.39, 0.29) is 0 Å². The van der Waals surface area contributed by atoms with Gasteiger partial charge in [0.15, 0.2) is 0 Å². The molecule has 0 atom stereocenters. The van der Waals surface area contributed by atoms with Gasteiger partial charge >= 0.3 is 0 Å². The smallest absolute Gasteiger partial charge is 0.214 e. The van der Waals surface area contributed by atoms with Crippen molar-refractivity contribution in [3.05, 3.63) is 29.7 Å². The first-order valence-corrected chi connectivity index (χ1v) is 7.60. The van der Waals surface area contributed by atoms with Crippen molar-refractivity contribution in [3.63, 3.8) is 0 Å². The van der Waals surface area contributed by atoms with E-state index in [2.05, 4.69) is 26.2 Å². The Hall–Kier alpha value is -1.87. The molecule has 0 bridgehead atoms. The van der Waals surface area contributed by atoms with Crippen molar-refractivity contribution < 1.29 is 0 Å². The van der Waals surface area contributed by atoms with Crippen LogP contribution in [0.3, 0.4) is 0 Å². The zero-order valence-electron chi connectivity index (χ0n) is 11.0. The summed E-state index contributed by atoms with van der Waals surface area (Å²) in [4.78, 5) is 8.71. The number of hydrogen-bond acceptors (Lipinski definition) is 5. The van der Waals surface area contributed by atoms with E-state index >= 15 is 0 Å². The van der Waals surface area contributed by atoms with Gasteiger partial charge in [-0.15, -0.1) is 5.10 Å². The first kappa shape index (κ1) is 13.1. The Kier molecular flexibility index (Phi) is 3.97. The van der Waals surface area contributed by atoms with Crippen LogP contribution in [0.4, 0.5) is 0 Å². The van der Waals surface area contributed by atoms with Crippen LogP contribution in [0.15, 0.2) is 28.5 Å². The van der Waals surface area contributed by atoms with Crippen LogP contribution in [0, 0.1) is 17.2 Å². The zero-order chi connectivity index (χ0) is 13.8. The third kappa shape index (κ3) is 3.17. The lowest BCUT2D eigenvalue weighted by Crippen LogP contribution is -2.00. The molecular formula is C14H15N5S. The number of aromatic amines is 1. The molecule has 1 aliphatic carbocycles. The summed E-state index contributed by atoms with van der Waals surface area (Å²) in [6.45, 7) is 0. The topological polar surface area (TPSA) is 78.2 Å². The molecule has 6 heteroatoms. The molecule has 0 aromatic carbocycles. The van der Waals surface area contributed by atoms with E-state index < -0.39 is 0 Å². The zero-order valence-corrected chi connectivity index (χ0v) is 11.9. The van der Waals surface area contributed by atoms with E-state index in [1.165, 1.54) is 37.4 Å². The molecule has 0 spiro atoms. The molecule has 2 aromatic heterocycles. The molecule has 1 aliphatic rings. The second kappa shape index (κ2) is 6.06. The highest BCUT2D eigenvalue weighted by Gasteiger charge is 2.17. The Bertz CT molecular complexity index is 607. The van der Waals surface area contributed by atoms with E-state index in [1.54, 1.807) is 12.3 Å². The Balaban J connectivity index is 1.62. The van der Waals surface area contributed by atoms with Crippen LogP contribution in [-0.4, -0.2) is 20.2 Å². The minimum atomic E-state index is 0.561. The van der Waals surface area contributed by atoms with Gasteiger partial charge in [-0.25, -0.2) is 9.97 Å². The van der Waals surface area contributed by atoms with E-state index in [0.29, 0.717) is 10.7 Å². The Morgan fingerprint density at radius 3 is 2.90 bits per heavy atom. The minimum absolute atomic E-state index is 0.561. The third-order valence-electron chi connectivity index (χ3n) is 3.53. The lowest BCUT2D eigenvalue weighted by molar-refractivity contribution is 0.531. The fourth-order valence-electron chi connectivity index (χ4n) is 2.50. The van der Waals surface area contributed by atoms with Crippen LogP contribution >= 0.6 is 11.8 Å². The fraction of sp³-hybridized carbons (Fsp3) is 0.429. The van der Waals surface area contributed by atoms with Crippen LogP contribution in [0.2, 0.25) is 0 Å². The molecule has 0 saturated heterocycles. The quantitative estimate of drug-likeness (QED) is 0.934. The van der Waals surface area contributed by atoms with Gasteiger partial charge in [0.2, 0.25) is 5.16 Å². The second-order valence-corrected chi connectivity index (χ2v) is 6.01. The first-order valence-electron chi connectivity index (χ1n) is 6.79. The Labute approximate surface area is 121 Å². The van der Waals surface area contributed by atoms with E-state index in [0.717, 1.165) is 23.2 Å². The lowest BCUT2D eigenvalue weighted by Gasteiger charge is -2.03. The van der Waals surface area contributed by atoms with Crippen LogP contribution < -0.4 is 0 Å². The van der Waals surface area contributed by atoms with Gasteiger partial charge in [0.05, 0.1) is 5.56 Å². The van der Waals surface area contributed by atoms with E-state index in [4.69, 9.17) is 5.26 Å². The lowest BCUT2D eigenvalue weighted by atomic mass is 10.0. The van der Waals surface area contributed by atoms with Crippen molar-refractivity contribution in [2.75, 3.05) is 0 Å². The van der Waals surface area contributed by atoms with Gasteiger partial charge in [-0.05, 0) is 29.8 Å². The number of nitriles is 1. The highest BCUT2D eigenvalue weighted by molar-refractivity contribution is 7.99. The highest BCUT2D eigenvalue weighted by Crippen LogP contribution is 2.28. The molecule has 1 saturated carbocycles. The molecule has 0 aliphatic heterocycles. The van der Waals surface area contributed by atoms with Crippen molar-refractivity contribution in [1.29, 1.82) is 5.26 Å². The maximum Gasteiger partial charge on any atom is 0.214 e. The van der Waals surface area contributed by atoms with Crippen LogP contribution in [0.5, 0.6) is 0 Å². The minimum Gasteiger partial charge on any atom is -0.262 e. The van der Waals surface area contributed by atoms with Gasteiger partial charge in [-0.2, -0.15) is 5.26 Å². The van der Waals surface area contributed by atoms with Gasteiger partial charge < -0.3 is 0 Å². The Morgan fingerprint density at radius 2 is 2.20 bits per heavy atom. The van der Waals surface area contributed by atoms with Crippen molar-refractivity contribution in [2.45, 2.75) is 42.3 Å². The molecule has 0 radical (unpaired) electrons. The predicted octanol–water partition coefficient (Wildman–Crippen LogP) is 2.96. The maximum absolute atomic E-state index is 8.73. The largest absolute Gasteiger partial charge is 0.262 e. The van der Waals surface area contributed by atoms with Crippen molar-refractivity contribution in [3.8, 4) is 6.07 Å². The molecule has 2 heterocycles. The number of nitrogens with one attached hydrogen (secondary N) is 1. The molecule has 1 fully saturated rings. The molecular weight excluding hydrogens is 270 g/mol. The van der Waals surface area contributed by atoms with Crippen LogP contribution in [0.25, 0.3) is 0 Å². The van der Waals surface area contributed by atoms with Gasteiger partial charge in [0, 0.05) is 12.6 Å². The molecule has 102 valence electrons. The first-order chi connectivity index (χ1) is 9.83. The van der Waals surface area contributed by atoms with Crippen molar-refractivity contribution >= 4 is 11.8 Å². The number of hydrogen-bond donors (Lipinski definition) is 1. The number of pyridine rings is 1. The number of nitrogens with zero attached hydrogens (tertiary/aromatic N) is 4. The molecule has 0 amide bonds. The number of H-pyrrole nitrogens is 1. The summed E-state index contributed by atoms with van der Waals surface area (Å²) < 4.78 is 0. The number of aromatic nitrogens is 4. The average molecular weight is 285 g/mol. The summed E-state index contributed by atoms with van der Waals surface area (Å²) >= 11 is 1.41. The second-order valence-electron chi connectivity index (χ2n) is 5.02. The van der Waals surface area contributed by atoms with Gasteiger partial charge in [0.25, 0.3) is 0 Å². The molecule has 2 aromatic rings. The Morgan fingerprint density at radius 1 is 1.35 bits per heavy atom. The normalized spacial score (nSPS) is 15.3. The molecule has 1 N–H and O–H groups in total. The summed E-state index contributed by atoms with van der Waals surface area (Å²) in [7, 11) is 0. The molecule has 3 rings (SSSR count). The molecule has 0 unspecified atom stereocenters. The summed E-state index contributed by atoms with van der Waals surface area (Å²) in [6, 6.07) is 5.62. The summed E-state index contributed by atoms with van der Waals surface area (Å²) in [5.74, 6) is 1.72. The third-order valence-corrected chi connectivity index (χ3v) is 4.35. The summed E-state index contributed by atoms with van der Waals surface area (Å²) in [5.41, 5.74) is 0.561. The van der Waals surface area contributed by atoms with Crippen LogP contribution in [-0.2, 0) is 6.42 Å². The summed E-state index contributed by atoms with van der Waals surface area (Å²) in [5, 5.41) is 17.5. The fourth-order valence-corrected chi connectivity index (χ4v) is 3.18. The molecule has 5 nitrogen and oxygen atoms in total. The van der Waals surface area contributed by atoms with Crippen molar-refractivity contribution in [1.82, 2.24) is 20.2 Å². The molecule has 20 heavy (non-hydrogen) atoms. The van der Waals surface area contributed by atoms with E-state index in [1.807, 2.05) is 6.07 Å². The highest BCUT2D eigenvalue weighted by atomic mass is 32.2. The van der Waals surface area contributed by atoms with Gasteiger partial charge in [-0.1, -0.05) is 25.7 Å². The predicted molar refractivity (Wildman–Crippen MR) is 75.1 cm³/mol. The SMILES string of the molecule is N#Cc1ccc(Sc2n[nH]c(CC3CCCC3)n2)nc1. The van der Waals surface area contributed by atoms with Gasteiger partial charge in [-0.3, -0.25) is 5.10 Å². The van der Waals surface area contributed by atoms with Crippen LogP contribution in [0.1, 0.15) is 37.1 Å².